The molecule has 0 saturated heterocycles. The van der Waals surface area contributed by atoms with Crippen LogP contribution in [0.3, 0.4) is 0 Å². The first kappa shape index (κ1) is 15.5. The molecule has 1 amide bonds. The van der Waals surface area contributed by atoms with Gasteiger partial charge in [-0.1, -0.05) is 18.2 Å². The minimum atomic E-state index is -0.514. The largest absolute Gasteiger partial charge is 0.480 e. The Labute approximate surface area is 115 Å². The van der Waals surface area contributed by atoms with Gasteiger partial charge in [-0.15, -0.1) is 0 Å². The summed E-state index contributed by atoms with van der Waals surface area (Å²) >= 11 is 0. The number of hydrogen-bond acceptors (Lipinski definition) is 3. The summed E-state index contributed by atoms with van der Waals surface area (Å²) in [5.74, 6) is 0.677. The zero-order valence-corrected chi connectivity index (χ0v) is 12.2. The third-order valence-corrected chi connectivity index (χ3v) is 2.80. The summed E-state index contributed by atoms with van der Waals surface area (Å²) in [6.07, 6.45) is 0.232. The van der Waals surface area contributed by atoms with Crippen molar-refractivity contribution in [2.45, 2.75) is 46.3 Å². The lowest BCUT2D eigenvalue weighted by molar-refractivity contribution is -0.127. The van der Waals surface area contributed by atoms with Gasteiger partial charge in [0.15, 0.2) is 6.10 Å². The van der Waals surface area contributed by atoms with E-state index in [9.17, 15) is 4.79 Å². The van der Waals surface area contributed by atoms with Crippen LogP contribution in [0.5, 0.6) is 5.75 Å². The third kappa shape index (κ3) is 4.56. The zero-order valence-electron chi connectivity index (χ0n) is 12.2. The van der Waals surface area contributed by atoms with Gasteiger partial charge in [0, 0.05) is 6.04 Å². The van der Waals surface area contributed by atoms with Gasteiger partial charge >= 0.3 is 0 Å². The molecule has 1 atom stereocenters. The van der Waals surface area contributed by atoms with Gasteiger partial charge in [-0.25, -0.2) is 0 Å². The van der Waals surface area contributed by atoms with Crippen LogP contribution in [0.25, 0.3) is 0 Å². The number of aryl methyl sites for hydroxylation is 1. The summed E-state index contributed by atoms with van der Waals surface area (Å²) in [5.41, 5.74) is 7.67. The molecular weight excluding hydrogens is 240 g/mol. The van der Waals surface area contributed by atoms with Gasteiger partial charge in [-0.3, -0.25) is 4.79 Å². The lowest BCUT2D eigenvalue weighted by atomic mass is 10.1. The van der Waals surface area contributed by atoms with Crippen molar-refractivity contribution in [3.05, 3.63) is 29.3 Å². The number of carbonyl (C=O) groups excluding carboxylic acids is 1. The highest BCUT2D eigenvalue weighted by Crippen LogP contribution is 2.24. The predicted molar refractivity (Wildman–Crippen MR) is 77.3 cm³/mol. The first-order valence-corrected chi connectivity index (χ1v) is 6.71. The topological polar surface area (TPSA) is 64.3 Å². The van der Waals surface area contributed by atoms with Gasteiger partial charge in [0.25, 0.3) is 5.91 Å². The van der Waals surface area contributed by atoms with Crippen LogP contribution in [0, 0.1) is 6.92 Å². The fourth-order valence-corrected chi connectivity index (χ4v) is 1.87. The molecule has 1 aromatic carbocycles. The van der Waals surface area contributed by atoms with Gasteiger partial charge in [-0.05, 0) is 51.8 Å². The minimum Gasteiger partial charge on any atom is -0.480 e. The molecule has 0 aliphatic rings. The number of nitrogens with one attached hydrogen (secondary N) is 1. The standard InChI is InChI=1S/C15H24N2O2/c1-10(2)17-15(18)12(4)19-14-11(3)6-5-7-13(14)8-9-16/h5-7,10,12H,8-9,16H2,1-4H3,(H,17,18). The fourth-order valence-electron chi connectivity index (χ4n) is 1.87. The summed E-state index contributed by atoms with van der Waals surface area (Å²) in [4.78, 5) is 11.9. The van der Waals surface area contributed by atoms with Crippen molar-refractivity contribution < 1.29 is 9.53 Å². The maximum atomic E-state index is 11.9. The smallest absolute Gasteiger partial charge is 0.260 e. The van der Waals surface area contributed by atoms with E-state index < -0.39 is 6.10 Å². The monoisotopic (exact) mass is 264 g/mol. The second-order valence-electron chi connectivity index (χ2n) is 5.03. The Bertz CT molecular complexity index is 430. The molecule has 1 aromatic rings. The van der Waals surface area contributed by atoms with Crippen LogP contribution < -0.4 is 15.8 Å². The molecule has 3 N–H and O–H groups in total. The van der Waals surface area contributed by atoms with Crippen LogP contribution in [-0.4, -0.2) is 24.6 Å². The van der Waals surface area contributed by atoms with Crippen molar-refractivity contribution in [1.82, 2.24) is 5.32 Å². The molecule has 0 fully saturated rings. The molecule has 4 heteroatoms. The molecule has 0 aromatic heterocycles. The van der Waals surface area contributed by atoms with Gasteiger partial charge < -0.3 is 15.8 Å². The number of rotatable bonds is 6. The summed E-state index contributed by atoms with van der Waals surface area (Å²) < 4.78 is 5.82. The number of ether oxygens (including phenoxy) is 1. The van der Waals surface area contributed by atoms with Crippen molar-refractivity contribution in [3.8, 4) is 5.75 Å². The normalized spacial score (nSPS) is 12.3. The van der Waals surface area contributed by atoms with Crippen LogP contribution in [0.1, 0.15) is 31.9 Å². The van der Waals surface area contributed by atoms with Gasteiger partial charge in [0.1, 0.15) is 5.75 Å². The minimum absolute atomic E-state index is 0.100. The molecule has 0 aliphatic heterocycles. The number of amides is 1. The zero-order chi connectivity index (χ0) is 14.4. The van der Waals surface area contributed by atoms with Crippen molar-refractivity contribution in [1.29, 1.82) is 0 Å². The average molecular weight is 264 g/mol. The quantitative estimate of drug-likeness (QED) is 0.823. The van der Waals surface area contributed by atoms with E-state index in [1.807, 2.05) is 39.0 Å². The Morgan fingerprint density at radius 3 is 2.63 bits per heavy atom. The van der Waals surface area contributed by atoms with E-state index in [-0.39, 0.29) is 11.9 Å². The summed E-state index contributed by atoms with van der Waals surface area (Å²) in [5, 5.41) is 2.85. The van der Waals surface area contributed by atoms with Crippen molar-refractivity contribution >= 4 is 5.91 Å². The summed E-state index contributed by atoms with van der Waals surface area (Å²) in [6, 6.07) is 6.05. The van der Waals surface area contributed by atoms with E-state index in [1.54, 1.807) is 6.92 Å². The molecule has 0 radical (unpaired) electrons. The Morgan fingerprint density at radius 2 is 2.05 bits per heavy atom. The number of carbonyl (C=O) groups is 1. The molecular formula is C15H24N2O2. The molecule has 0 aliphatic carbocycles. The summed E-state index contributed by atoms with van der Waals surface area (Å²) in [6.45, 7) is 8.15. The number of hydrogen-bond donors (Lipinski definition) is 2. The molecule has 0 spiro atoms. The molecule has 106 valence electrons. The van der Waals surface area contributed by atoms with E-state index >= 15 is 0 Å². The average Bonchev–Trinajstić information content (AvgIpc) is 2.32. The Hall–Kier alpha value is -1.55. The molecule has 1 rings (SSSR count). The lowest BCUT2D eigenvalue weighted by Gasteiger charge is -2.20. The van der Waals surface area contributed by atoms with Crippen molar-refractivity contribution in [2.24, 2.45) is 5.73 Å². The third-order valence-electron chi connectivity index (χ3n) is 2.80. The molecule has 19 heavy (non-hydrogen) atoms. The van der Waals surface area contributed by atoms with Gasteiger partial charge in [0.05, 0.1) is 0 Å². The van der Waals surface area contributed by atoms with E-state index in [2.05, 4.69) is 5.32 Å². The highest BCUT2D eigenvalue weighted by molar-refractivity contribution is 5.81. The fraction of sp³-hybridized carbons (Fsp3) is 0.533. The molecule has 1 unspecified atom stereocenters. The second-order valence-corrected chi connectivity index (χ2v) is 5.03. The predicted octanol–water partition coefficient (Wildman–Crippen LogP) is 1.79. The van der Waals surface area contributed by atoms with E-state index in [4.69, 9.17) is 10.5 Å². The SMILES string of the molecule is Cc1cccc(CCN)c1OC(C)C(=O)NC(C)C. The molecule has 0 saturated carbocycles. The lowest BCUT2D eigenvalue weighted by Crippen LogP contribution is -2.40. The Morgan fingerprint density at radius 1 is 1.37 bits per heavy atom. The van der Waals surface area contributed by atoms with Crippen LogP contribution in [0.15, 0.2) is 18.2 Å². The van der Waals surface area contributed by atoms with E-state index in [0.717, 1.165) is 23.3 Å². The Balaban J connectivity index is 2.83. The Kier molecular flexibility index (Phi) is 5.83. The van der Waals surface area contributed by atoms with Crippen molar-refractivity contribution in [3.63, 3.8) is 0 Å². The van der Waals surface area contributed by atoms with E-state index in [1.165, 1.54) is 0 Å². The molecule has 4 nitrogen and oxygen atoms in total. The van der Waals surface area contributed by atoms with Crippen LogP contribution in [0.4, 0.5) is 0 Å². The molecule has 0 bridgehead atoms. The van der Waals surface area contributed by atoms with Gasteiger partial charge in [-0.2, -0.15) is 0 Å². The summed E-state index contributed by atoms with van der Waals surface area (Å²) in [7, 11) is 0. The van der Waals surface area contributed by atoms with Crippen LogP contribution in [-0.2, 0) is 11.2 Å². The second kappa shape index (κ2) is 7.14. The number of benzene rings is 1. The highest BCUT2D eigenvalue weighted by atomic mass is 16.5. The van der Waals surface area contributed by atoms with E-state index in [0.29, 0.717) is 6.54 Å². The number of nitrogens with two attached hydrogens (primary N) is 1. The van der Waals surface area contributed by atoms with Gasteiger partial charge in [0.2, 0.25) is 0 Å². The maximum Gasteiger partial charge on any atom is 0.260 e. The maximum absolute atomic E-state index is 11.9. The number of para-hydroxylation sites is 1. The highest BCUT2D eigenvalue weighted by Gasteiger charge is 2.17. The van der Waals surface area contributed by atoms with Crippen molar-refractivity contribution in [2.75, 3.05) is 6.54 Å². The first-order chi connectivity index (χ1) is 8.95. The molecule has 0 heterocycles. The van der Waals surface area contributed by atoms with Crippen LogP contribution in [0.2, 0.25) is 0 Å². The first-order valence-electron chi connectivity index (χ1n) is 6.71. The van der Waals surface area contributed by atoms with Crippen LogP contribution >= 0.6 is 0 Å².